The lowest BCUT2D eigenvalue weighted by atomic mass is 10.2. The average molecular weight is 362 g/mol. The van der Waals surface area contributed by atoms with E-state index in [4.69, 9.17) is 19.0 Å². The molecule has 0 aliphatic rings. The van der Waals surface area contributed by atoms with Gasteiger partial charge >= 0.3 is 5.97 Å². The van der Waals surface area contributed by atoms with E-state index in [0.717, 1.165) is 6.07 Å². The largest absolute Gasteiger partial charge is 0.496 e. The number of nitrogens with zero attached hydrogens (tertiary/aromatic N) is 1. The fourth-order valence-corrected chi connectivity index (χ4v) is 2.75. The SMILES string of the molecule is COc1ccc(S(N)(=O)=O)cc1C(=O)OCc1nc2ccccc2o1. The van der Waals surface area contributed by atoms with Crippen molar-refractivity contribution in [2.45, 2.75) is 11.5 Å². The van der Waals surface area contributed by atoms with Gasteiger partial charge in [0.25, 0.3) is 0 Å². The van der Waals surface area contributed by atoms with E-state index in [2.05, 4.69) is 4.98 Å². The first kappa shape index (κ1) is 16.9. The van der Waals surface area contributed by atoms with Crippen LogP contribution in [0.25, 0.3) is 11.1 Å². The maximum atomic E-state index is 12.3. The molecule has 0 amide bonds. The number of carbonyl (C=O) groups is 1. The van der Waals surface area contributed by atoms with E-state index < -0.39 is 16.0 Å². The second-order valence-corrected chi connectivity index (χ2v) is 6.62. The van der Waals surface area contributed by atoms with Gasteiger partial charge in [0.15, 0.2) is 12.2 Å². The number of aromatic nitrogens is 1. The van der Waals surface area contributed by atoms with Gasteiger partial charge in [-0.05, 0) is 30.3 Å². The third-order valence-corrected chi connectivity index (χ3v) is 4.30. The topological polar surface area (TPSA) is 122 Å². The number of fused-ring (bicyclic) bond motifs is 1. The Kier molecular flexibility index (Phi) is 4.43. The normalized spacial score (nSPS) is 11.4. The molecule has 0 saturated heterocycles. The molecule has 0 spiro atoms. The van der Waals surface area contributed by atoms with Crippen molar-refractivity contribution in [1.82, 2.24) is 4.98 Å². The van der Waals surface area contributed by atoms with Crippen LogP contribution in [0, 0.1) is 0 Å². The van der Waals surface area contributed by atoms with Crippen LogP contribution in [-0.2, 0) is 21.4 Å². The van der Waals surface area contributed by atoms with Crippen molar-refractivity contribution in [3.05, 3.63) is 53.9 Å². The number of hydrogen-bond acceptors (Lipinski definition) is 7. The third-order valence-electron chi connectivity index (χ3n) is 3.38. The summed E-state index contributed by atoms with van der Waals surface area (Å²) in [5.41, 5.74) is 1.15. The summed E-state index contributed by atoms with van der Waals surface area (Å²) in [4.78, 5) is 16.3. The number of ether oxygens (including phenoxy) is 2. The van der Waals surface area contributed by atoms with Crippen molar-refractivity contribution >= 4 is 27.1 Å². The molecule has 0 radical (unpaired) electrons. The minimum Gasteiger partial charge on any atom is -0.496 e. The average Bonchev–Trinajstić information content (AvgIpc) is 3.01. The summed E-state index contributed by atoms with van der Waals surface area (Å²) in [5, 5.41) is 5.08. The minimum absolute atomic E-state index is 0.0647. The van der Waals surface area contributed by atoms with Gasteiger partial charge in [-0.2, -0.15) is 0 Å². The first-order valence-corrected chi connectivity index (χ1v) is 8.65. The molecule has 9 heteroatoms. The smallest absolute Gasteiger partial charge is 0.342 e. The molecule has 0 aliphatic carbocycles. The Bertz CT molecular complexity index is 1010. The maximum absolute atomic E-state index is 12.3. The van der Waals surface area contributed by atoms with E-state index in [1.165, 1.54) is 19.2 Å². The zero-order valence-electron chi connectivity index (χ0n) is 13.1. The van der Waals surface area contributed by atoms with E-state index in [0.29, 0.717) is 11.1 Å². The van der Waals surface area contributed by atoms with Gasteiger partial charge < -0.3 is 13.9 Å². The summed E-state index contributed by atoms with van der Waals surface area (Å²) in [6.07, 6.45) is 0. The van der Waals surface area contributed by atoms with Crippen molar-refractivity contribution in [1.29, 1.82) is 0 Å². The lowest BCUT2D eigenvalue weighted by Crippen LogP contribution is -2.14. The third kappa shape index (κ3) is 3.62. The van der Waals surface area contributed by atoms with Gasteiger partial charge in [0.2, 0.25) is 15.9 Å². The minimum atomic E-state index is -3.96. The number of nitrogens with two attached hydrogens (primary N) is 1. The molecule has 3 rings (SSSR count). The van der Waals surface area contributed by atoms with Gasteiger partial charge in [-0.3, -0.25) is 0 Å². The van der Waals surface area contributed by atoms with Crippen LogP contribution in [0.3, 0.4) is 0 Å². The van der Waals surface area contributed by atoms with Crippen LogP contribution in [-0.4, -0.2) is 26.5 Å². The molecule has 130 valence electrons. The number of rotatable bonds is 5. The van der Waals surface area contributed by atoms with Gasteiger partial charge in [0.1, 0.15) is 16.8 Å². The highest BCUT2D eigenvalue weighted by Crippen LogP contribution is 2.23. The summed E-state index contributed by atoms with van der Waals surface area (Å²) in [5.74, 6) is -0.407. The lowest BCUT2D eigenvalue weighted by molar-refractivity contribution is 0.0436. The van der Waals surface area contributed by atoms with Gasteiger partial charge in [0.05, 0.1) is 12.0 Å². The van der Waals surface area contributed by atoms with Crippen molar-refractivity contribution < 1.29 is 27.1 Å². The fourth-order valence-electron chi connectivity index (χ4n) is 2.21. The number of primary sulfonamides is 1. The Morgan fingerprint density at radius 2 is 2.00 bits per heavy atom. The molecule has 1 heterocycles. The molecule has 0 fully saturated rings. The standard InChI is InChI=1S/C16H14N2O6S/c1-22-13-7-6-10(25(17,20)21)8-11(13)16(19)23-9-15-18-12-4-2-3-5-14(12)24-15/h2-8H,9H2,1H3,(H2,17,20,21). The fraction of sp³-hybridized carbons (Fsp3) is 0.125. The van der Waals surface area contributed by atoms with Crippen LogP contribution in [0.4, 0.5) is 0 Å². The number of hydrogen-bond donors (Lipinski definition) is 1. The molecule has 0 unspecified atom stereocenters. The quantitative estimate of drug-likeness (QED) is 0.687. The zero-order valence-corrected chi connectivity index (χ0v) is 13.9. The molecule has 8 nitrogen and oxygen atoms in total. The Hall–Kier alpha value is -2.91. The molecule has 0 bridgehead atoms. The van der Waals surface area contributed by atoms with Crippen LogP contribution in [0.1, 0.15) is 16.2 Å². The Morgan fingerprint density at radius 1 is 1.24 bits per heavy atom. The molecule has 1 aromatic heterocycles. The van der Waals surface area contributed by atoms with Crippen molar-refractivity contribution in [2.24, 2.45) is 5.14 Å². The number of benzene rings is 2. The van der Waals surface area contributed by atoms with Crippen LogP contribution < -0.4 is 9.88 Å². The first-order valence-electron chi connectivity index (χ1n) is 7.11. The van der Waals surface area contributed by atoms with Crippen LogP contribution >= 0.6 is 0 Å². The number of methoxy groups -OCH3 is 1. The van der Waals surface area contributed by atoms with E-state index in [1.807, 2.05) is 6.07 Å². The summed E-state index contributed by atoms with van der Waals surface area (Å²) >= 11 is 0. The maximum Gasteiger partial charge on any atom is 0.342 e. The molecule has 0 aliphatic heterocycles. The molecular formula is C16H14N2O6S. The lowest BCUT2D eigenvalue weighted by Gasteiger charge is -2.09. The number of carbonyl (C=O) groups excluding carboxylic acids is 1. The van der Waals surface area contributed by atoms with Crippen molar-refractivity contribution in [2.75, 3.05) is 7.11 Å². The molecule has 0 atom stereocenters. The molecule has 3 aromatic rings. The summed E-state index contributed by atoms with van der Waals surface area (Å²) in [7, 11) is -2.61. The zero-order chi connectivity index (χ0) is 18.0. The highest BCUT2D eigenvalue weighted by atomic mass is 32.2. The highest BCUT2D eigenvalue weighted by molar-refractivity contribution is 7.89. The van der Waals surface area contributed by atoms with Crippen LogP contribution in [0.2, 0.25) is 0 Å². The monoisotopic (exact) mass is 362 g/mol. The van der Waals surface area contributed by atoms with Gasteiger partial charge in [-0.15, -0.1) is 0 Å². The van der Waals surface area contributed by atoms with Crippen LogP contribution in [0.15, 0.2) is 51.8 Å². The Labute approximate surface area is 143 Å². The summed E-state index contributed by atoms with van der Waals surface area (Å²) in [6.45, 7) is -0.212. The van der Waals surface area contributed by atoms with Gasteiger partial charge in [0, 0.05) is 0 Å². The molecular weight excluding hydrogens is 348 g/mol. The van der Waals surface area contributed by atoms with E-state index >= 15 is 0 Å². The number of oxazole rings is 1. The van der Waals surface area contributed by atoms with Crippen molar-refractivity contribution in [3.8, 4) is 5.75 Å². The molecule has 2 aromatic carbocycles. The van der Waals surface area contributed by atoms with E-state index in [1.54, 1.807) is 18.2 Å². The van der Waals surface area contributed by atoms with E-state index in [-0.39, 0.29) is 28.7 Å². The number of para-hydroxylation sites is 2. The van der Waals surface area contributed by atoms with Gasteiger partial charge in [-0.1, -0.05) is 12.1 Å². The first-order chi connectivity index (χ1) is 11.9. The molecule has 2 N–H and O–H groups in total. The predicted molar refractivity (Wildman–Crippen MR) is 87.5 cm³/mol. The highest BCUT2D eigenvalue weighted by Gasteiger charge is 2.19. The van der Waals surface area contributed by atoms with Crippen molar-refractivity contribution in [3.63, 3.8) is 0 Å². The van der Waals surface area contributed by atoms with Crippen LogP contribution in [0.5, 0.6) is 5.75 Å². The second kappa shape index (κ2) is 6.54. The number of esters is 1. The van der Waals surface area contributed by atoms with Gasteiger partial charge in [-0.25, -0.2) is 23.3 Å². The van der Waals surface area contributed by atoms with E-state index in [9.17, 15) is 13.2 Å². The summed E-state index contributed by atoms with van der Waals surface area (Å²) < 4.78 is 38.5. The molecule has 25 heavy (non-hydrogen) atoms. The predicted octanol–water partition coefficient (Wildman–Crippen LogP) is 1.84. The molecule has 0 saturated carbocycles. The Morgan fingerprint density at radius 3 is 2.68 bits per heavy atom. The number of sulfonamides is 1. The summed E-state index contributed by atoms with van der Waals surface area (Å²) in [6, 6.07) is 10.8. The second-order valence-electron chi connectivity index (χ2n) is 5.06. The Balaban J connectivity index is 1.82.